The monoisotopic (exact) mass is 406 g/mol. The number of hydrogen-bond donors (Lipinski definition) is 2. The smallest absolute Gasteiger partial charge is 0.262 e. The van der Waals surface area contributed by atoms with Crippen LogP contribution in [0.25, 0.3) is 0 Å². The van der Waals surface area contributed by atoms with Crippen LogP contribution in [0.2, 0.25) is 0 Å². The Morgan fingerprint density at radius 3 is 2.23 bits per heavy atom. The first-order chi connectivity index (χ1) is 14.4. The van der Waals surface area contributed by atoms with E-state index in [0.29, 0.717) is 5.56 Å². The molecule has 2 N–H and O–H groups in total. The predicted octanol–water partition coefficient (Wildman–Crippen LogP) is 3.50. The van der Waals surface area contributed by atoms with Gasteiger partial charge in [0.2, 0.25) is 0 Å². The number of aryl methyl sites for hydroxylation is 1. The zero-order valence-corrected chi connectivity index (χ0v) is 17.9. The maximum absolute atomic E-state index is 12.6. The molecule has 2 aromatic rings. The average molecular weight is 407 g/mol. The Hall–Kier alpha value is -3.15. The maximum Gasteiger partial charge on any atom is 0.262 e. The molecule has 1 atom stereocenters. The van der Waals surface area contributed by atoms with Crippen LogP contribution in [0.5, 0.6) is 0 Å². The fourth-order valence-corrected chi connectivity index (χ4v) is 3.45. The van der Waals surface area contributed by atoms with E-state index in [-0.39, 0.29) is 17.7 Å². The van der Waals surface area contributed by atoms with E-state index < -0.39 is 6.04 Å². The predicted molar refractivity (Wildman–Crippen MR) is 121 cm³/mol. The molecule has 1 aliphatic rings. The van der Waals surface area contributed by atoms with Crippen LogP contribution < -0.4 is 15.6 Å². The number of benzene rings is 2. The van der Waals surface area contributed by atoms with Gasteiger partial charge in [0.05, 0.1) is 6.21 Å². The third-order valence-electron chi connectivity index (χ3n) is 5.30. The molecule has 30 heavy (non-hydrogen) atoms. The number of carbonyl (C=O) groups excluding carboxylic acids is 2. The Bertz CT molecular complexity index is 882. The lowest BCUT2D eigenvalue weighted by molar-refractivity contribution is -0.123. The molecule has 0 aromatic heterocycles. The van der Waals surface area contributed by atoms with Crippen molar-refractivity contribution in [2.75, 3.05) is 18.0 Å². The van der Waals surface area contributed by atoms with Crippen molar-refractivity contribution in [1.82, 2.24) is 10.7 Å². The summed E-state index contributed by atoms with van der Waals surface area (Å²) in [5.74, 6) is -0.685. The van der Waals surface area contributed by atoms with Crippen LogP contribution in [0.3, 0.4) is 0 Å². The summed E-state index contributed by atoms with van der Waals surface area (Å²) in [5, 5.41) is 6.88. The SMILES string of the molecule is Cc1ccc(C(=O)NC(C(=O)NN=Cc2ccc(N3CCCC3)cc2)C(C)C)cc1. The molecule has 0 bridgehead atoms. The molecule has 0 spiro atoms. The molecule has 1 unspecified atom stereocenters. The lowest BCUT2D eigenvalue weighted by Crippen LogP contribution is -2.48. The molecule has 2 aromatic carbocycles. The Morgan fingerprint density at radius 1 is 1.00 bits per heavy atom. The van der Waals surface area contributed by atoms with E-state index in [9.17, 15) is 9.59 Å². The highest BCUT2D eigenvalue weighted by Gasteiger charge is 2.24. The standard InChI is InChI=1S/C24H30N4O2/c1-17(2)22(26-23(29)20-10-6-18(3)7-11-20)24(30)27-25-16-19-8-12-21(13-9-19)28-14-4-5-15-28/h6-13,16-17,22H,4-5,14-15H2,1-3H3,(H,26,29)(H,27,30). The quantitative estimate of drug-likeness (QED) is 0.546. The van der Waals surface area contributed by atoms with E-state index in [4.69, 9.17) is 0 Å². The third-order valence-corrected chi connectivity index (χ3v) is 5.30. The average Bonchev–Trinajstić information content (AvgIpc) is 3.27. The summed E-state index contributed by atoms with van der Waals surface area (Å²) in [7, 11) is 0. The molecular formula is C24H30N4O2. The molecular weight excluding hydrogens is 376 g/mol. The van der Waals surface area contributed by atoms with Gasteiger partial charge in [0.15, 0.2) is 0 Å². The highest BCUT2D eigenvalue weighted by molar-refractivity contribution is 5.97. The zero-order chi connectivity index (χ0) is 21.5. The van der Waals surface area contributed by atoms with E-state index in [1.54, 1.807) is 18.3 Å². The van der Waals surface area contributed by atoms with Gasteiger partial charge in [-0.3, -0.25) is 9.59 Å². The van der Waals surface area contributed by atoms with Gasteiger partial charge in [0.25, 0.3) is 11.8 Å². The van der Waals surface area contributed by atoms with Gasteiger partial charge in [-0.25, -0.2) is 5.43 Å². The number of nitrogens with one attached hydrogen (secondary N) is 2. The van der Waals surface area contributed by atoms with Crippen molar-refractivity contribution in [3.63, 3.8) is 0 Å². The number of hydrogen-bond acceptors (Lipinski definition) is 4. The molecule has 1 aliphatic heterocycles. The van der Waals surface area contributed by atoms with Crippen LogP contribution in [0.1, 0.15) is 48.2 Å². The first-order valence-corrected chi connectivity index (χ1v) is 10.5. The van der Waals surface area contributed by atoms with Crippen molar-refractivity contribution in [1.29, 1.82) is 0 Å². The summed E-state index contributed by atoms with van der Waals surface area (Å²) in [6, 6.07) is 14.7. The Labute approximate surface area is 178 Å². The molecule has 6 nitrogen and oxygen atoms in total. The molecule has 6 heteroatoms. The van der Waals surface area contributed by atoms with Crippen LogP contribution in [-0.4, -0.2) is 37.2 Å². The molecule has 158 valence electrons. The summed E-state index contributed by atoms with van der Waals surface area (Å²) >= 11 is 0. The van der Waals surface area contributed by atoms with E-state index in [1.807, 2.05) is 45.0 Å². The molecule has 2 amide bonds. The number of carbonyl (C=O) groups is 2. The van der Waals surface area contributed by atoms with Crippen molar-refractivity contribution in [3.8, 4) is 0 Å². The molecule has 0 aliphatic carbocycles. The number of hydrazone groups is 1. The summed E-state index contributed by atoms with van der Waals surface area (Å²) in [6.45, 7) is 7.95. The van der Waals surface area contributed by atoms with Crippen LogP contribution in [-0.2, 0) is 4.79 Å². The first-order valence-electron chi connectivity index (χ1n) is 10.5. The lowest BCUT2D eigenvalue weighted by atomic mass is 10.0. The van der Waals surface area contributed by atoms with E-state index in [1.165, 1.54) is 18.5 Å². The number of nitrogens with zero attached hydrogens (tertiary/aromatic N) is 2. The second-order valence-corrected chi connectivity index (χ2v) is 8.08. The summed E-state index contributed by atoms with van der Waals surface area (Å²) < 4.78 is 0. The zero-order valence-electron chi connectivity index (χ0n) is 17.9. The Kier molecular flexibility index (Phi) is 7.22. The van der Waals surface area contributed by atoms with Crippen LogP contribution in [0.15, 0.2) is 53.6 Å². The fraction of sp³-hybridized carbons (Fsp3) is 0.375. The molecule has 3 rings (SSSR count). The van der Waals surface area contributed by atoms with E-state index in [0.717, 1.165) is 24.2 Å². The van der Waals surface area contributed by atoms with Gasteiger partial charge in [0, 0.05) is 24.3 Å². The summed E-state index contributed by atoms with van der Waals surface area (Å²) in [4.78, 5) is 27.4. The van der Waals surface area contributed by atoms with Crippen molar-refractivity contribution in [2.45, 2.75) is 39.7 Å². The molecule has 1 fully saturated rings. The van der Waals surface area contributed by atoms with Gasteiger partial charge in [0.1, 0.15) is 6.04 Å². The summed E-state index contributed by atoms with van der Waals surface area (Å²) in [5.41, 5.74) is 6.28. The molecule has 1 saturated heterocycles. The van der Waals surface area contributed by atoms with E-state index in [2.05, 4.69) is 32.9 Å². The fourth-order valence-electron chi connectivity index (χ4n) is 3.45. The number of amides is 2. The minimum Gasteiger partial charge on any atom is -0.372 e. The van der Waals surface area contributed by atoms with Gasteiger partial charge in [-0.1, -0.05) is 43.7 Å². The highest BCUT2D eigenvalue weighted by Crippen LogP contribution is 2.19. The molecule has 0 saturated carbocycles. The third kappa shape index (κ3) is 5.69. The Morgan fingerprint density at radius 2 is 1.63 bits per heavy atom. The molecule has 0 radical (unpaired) electrons. The van der Waals surface area contributed by atoms with Gasteiger partial charge in [-0.05, 0) is 55.5 Å². The second kappa shape index (κ2) is 10.1. The van der Waals surface area contributed by atoms with E-state index >= 15 is 0 Å². The van der Waals surface area contributed by atoms with Gasteiger partial charge >= 0.3 is 0 Å². The van der Waals surface area contributed by atoms with Crippen molar-refractivity contribution in [2.24, 2.45) is 11.0 Å². The maximum atomic E-state index is 12.6. The Balaban J connectivity index is 1.56. The van der Waals surface area contributed by atoms with Crippen molar-refractivity contribution < 1.29 is 9.59 Å². The highest BCUT2D eigenvalue weighted by atomic mass is 16.2. The minimum atomic E-state index is -0.673. The van der Waals surface area contributed by atoms with Gasteiger partial charge in [-0.15, -0.1) is 0 Å². The normalized spacial score (nSPS) is 14.9. The lowest BCUT2D eigenvalue weighted by Gasteiger charge is -2.20. The topological polar surface area (TPSA) is 73.8 Å². The van der Waals surface area contributed by atoms with Crippen molar-refractivity contribution in [3.05, 3.63) is 65.2 Å². The molecule has 1 heterocycles. The van der Waals surface area contributed by atoms with Crippen LogP contribution in [0.4, 0.5) is 5.69 Å². The van der Waals surface area contributed by atoms with Crippen LogP contribution >= 0.6 is 0 Å². The second-order valence-electron chi connectivity index (χ2n) is 8.08. The number of rotatable bonds is 7. The largest absolute Gasteiger partial charge is 0.372 e. The summed E-state index contributed by atoms with van der Waals surface area (Å²) in [6.07, 6.45) is 4.10. The van der Waals surface area contributed by atoms with Gasteiger partial charge in [-0.2, -0.15) is 5.10 Å². The van der Waals surface area contributed by atoms with Crippen LogP contribution in [0, 0.1) is 12.8 Å². The first kappa shape index (κ1) is 21.6. The number of anilines is 1. The van der Waals surface area contributed by atoms with Gasteiger partial charge < -0.3 is 10.2 Å². The minimum absolute atomic E-state index is 0.0747. The van der Waals surface area contributed by atoms with Crippen molar-refractivity contribution >= 4 is 23.7 Å².